The zero-order valence-corrected chi connectivity index (χ0v) is 13.5. The van der Waals surface area contributed by atoms with E-state index in [9.17, 15) is 4.79 Å². The number of aromatic nitrogens is 2. The maximum atomic E-state index is 11.9. The number of aromatic amines is 1. The van der Waals surface area contributed by atoms with Gasteiger partial charge in [0.05, 0.1) is 11.9 Å². The first-order valence-electron chi connectivity index (χ1n) is 6.66. The van der Waals surface area contributed by atoms with Gasteiger partial charge in [0, 0.05) is 4.47 Å². The van der Waals surface area contributed by atoms with E-state index in [1.54, 1.807) is 0 Å². The molecule has 21 heavy (non-hydrogen) atoms. The normalized spacial score (nSPS) is 10.7. The molecular formula is C15H17BrN2O3. The smallest absolute Gasteiger partial charge is 0.341 e. The van der Waals surface area contributed by atoms with Crippen LogP contribution in [0, 0.1) is 0 Å². The lowest BCUT2D eigenvalue weighted by Crippen LogP contribution is -2.13. The number of carbonyl (C=O) groups excluding carboxylic acids is 1. The Morgan fingerprint density at radius 1 is 1.29 bits per heavy atom. The van der Waals surface area contributed by atoms with Crippen molar-refractivity contribution >= 4 is 21.9 Å². The van der Waals surface area contributed by atoms with Crippen LogP contribution in [0.3, 0.4) is 0 Å². The van der Waals surface area contributed by atoms with Gasteiger partial charge in [-0.1, -0.05) is 29.8 Å². The quantitative estimate of drug-likeness (QED) is 0.637. The molecule has 5 nitrogen and oxygen atoms in total. The van der Waals surface area contributed by atoms with Crippen LogP contribution in [0.2, 0.25) is 0 Å². The summed E-state index contributed by atoms with van der Waals surface area (Å²) in [6.45, 7) is 4.47. The van der Waals surface area contributed by atoms with E-state index in [1.165, 1.54) is 6.20 Å². The van der Waals surface area contributed by atoms with Crippen molar-refractivity contribution in [2.24, 2.45) is 0 Å². The lowest BCUT2D eigenvalue weighted by atomic mass is 10.1. The molecule has 0 amide bonds. The van der Waals surface area contributed by atoms with Crippen LogP contribution >= 0.6 is 15.9 Å². The Balaban J connectivity index is 1.79. The number of ether oxygens (including phenoxy) is 2. The van der Waals surface area contributed by atoms with Gasteiger partial charge in [-0.05, 0) is 30.2 Å². The predicted octanol–water partition coefficient (Wildman–Crippen LogP) is 3.53. The van der Waals surface area contributed by atoms with E-state index in [0.717, 1.165) is 15.9 Å². The van der Waals surface area contributed by atoms with E-state index in [2.05, 4.69) is 26.1 Å². The van der Waals surface area contributed by atoms with Crippen molar-refractivity contribution < 1.29 is 14.3 Å². The molecule has 112 valence electrons. The van der Waals surface area contributed by atoms with Crippen LogP contribution in [0.4, 0.5) is 0 Å². The van der Waals surface area contributed by atoms with Crippen molar-refractivity contribution in [3.05, 3.63) is 46.2 Å². The van der Waals surface area contributed by atoms with Crippen molar-refractivity contribution in [2.75, 3.05) is 13.2 Å². The van der Waals surface area contributed by atoms with Gasteiger partial charge in [0.1, 0.15) is 24.5 Å². The number of hydrogen-bond donors (Lipinski definition) is 1. The first kappa shape index (κ1) is 15.6. The lowest BCUT2D eigenvalue weighted by Gasteiger charge is -2.08. The highest BCUT2D eigenvalue weighted by molar-refractivity contribution is 9.10. The molecule has 0 spiro atoms. The summed E-state index contributed by atoms with van der Waals surface area (Å²) < 4.78 is 11.7. The van der Waals surface area contributed by atoms with E-state index >= 15 is 0 Å². The largest absolute Gasteiger partial charge is 0.490 e. The molecule has 0 aliphatic rings. The fourth-order valence-corrected chi connectivity index (χ4v) is 2.07. The van der Waals surface area contributed by atoms with Crippen LogP contribution in [0.1, 0.15) is 35.8 Å². The van der Waals surface area contributed by atoms with Gasteiger partial charge in [-0.3, -0.25) is 5.10 Å². The Kier molecular flexibility index (Phi) is 5.38. The summed E-state index contributed by atoms with van der Waals surface area (Å²) in [4.78, 5) is 11.9. The second-order valence-corrected chi connectivity index (χ2v) is 5.71. The summed E-state index contributed by atoms with van der Waals surface area (Å²) in [5.41, 5.74) is 1.27. The number of H-pyrrole nitrogens is 1. The van der Waals surface area contributed by atoms with Gasteiger partial charge in [0.25, 0.3) is 0 Å². The molecular weight excluding hydrogens is 336 g/mol. The van der Waals surface area contributed by atoms with Crippen LogP contribution in [-0.2, 0) is 4.74 Å². The van der Waals surface area contributed by atoms with E-state index < -0.39 is 0 Å². The van der Waals surface area contributed by atoms with Crippen molar-refractivity contribution in [2.45, 2.75) is 19.8 Å². The zero-order chi connectivity index (χ0) is 15.2. The van der Waals surface area contributed by atoms with E-state index in [0.29, 0.717) is 12.2 Å². The molecule has 0 saturated carbocycles. The first-order valence-corrected chi connectivity index (χ1v) is 7.46. The number of halogens is 1. The summed E-state index contributed by atoms with van der Waals surface area (Å²) in [5, 5.41) is 6.71. The summed E-state index contributed by atoms with van der Waals surface area (Å²) >= 11 is 3.35. The topological polar surface area (TPSA) is 64.2 Å². The molecule has 2 rings (SSSR count). The monoisotopic (exact) mass is 352 g/mol. The Morgan fingerprint density at radius 3 is 2.67 bits per heavy atom. The van der Waals surface area contributed by atoms with E-state index in [1.807, 2.05) is 38.1 Å². The third kappa shape index (κ3) is 4.32. The summed E-state index contributed by atoms with van der Waals surface area (Å²) in [6, 6.07) is 7.47. The molecule has 1 heterocycles. The van der Waals surface area contributed by atoms with Crippen molar-refractivity contribution in [1.82, 2.24) is 10.2 Å². The fourth-order valence-electron chi connectivity index (χ4n) is 1.80. The molecule has 1 aromatic carbocycles. The zero-order valence-electron chi connectivity index (χ0n) is 11.9. The summed E-state index contributed by atoms with van der Waals surface area (Å²) in [7, 11) is 0. The standard InChI is InChI=1S/C15H17BrN2O3/c1-10(2)14-13(9-17-18-14)15(19)21-8-7-20-12-5-3-11(16)4-6-12/h3-6,9-10H,7-8H2,1-2H3,(H,17,18). The molecule has 6 heteroatoms. The van der Waals surface area contributed by atoms with Crippen LogP contribution in [0.5, 0.6) is 5.75 Å². The number of nitrogens with zero attached hydrogens (tertiary/aromatic N) is 1. The summed E-state index contributed by atoms with van der Waals surface area (Å²) in [6.07, 6.45) is 1.49. The predicted molar refractivity (Wildman–Crippen MR) is 82.6 cm³/mol. The highest BCUT2D eigenvalue weighted by atomic mass is 79.9. The molecule has 0 aliphatic carbocycles. The Hall–Kier alpha value is -1.82. The molecule has 0 fully saturated rings. The van der Waals surface area contributed by atoms with Crippen molar-refractivity contribution in [3.63, 3.8) is 0 Å². The number of esters is 1. The number of benzene rings is 1. The minimum absolute atomic E-state index is 0.189. The van der Waals surface area contributed by atoms with Gasteiger partial charge < -0.3 is 9.47 Å². The number of nitrogens with one attached hydrogen (secondary N) is 1. The van der Waals surface area contributed by atoms with Gasteiger partial charge in [0.2, 0.25) is 0 Å². The molecule has 2 aromatic rings. The molecule has 0 atom stereocenters. The van der Waals surface area contributed by atoms with Crippen LogP contribution in [-0.4, -0.2) is 29.4 Å². The highest BCUT2D eigenvalue weighted by Gasteiger charge is 2.17. The van der Waals surface area contributed by atoms with Gasteiger partial charge in [-0.2, -0.15) is 5.10 Å². The SMILES string of the molecule is CC(C)c1[nH]ncc1C(=O)OCCOc1ccc(Br)cc1. The average Bonchev–Trinajstić information content (AvgIpc) is 2.95. The molecule has 0 bridgehead atoms. The molecule has 0 radical (unpaired) electrons. The lowest BCUT2D eigenvalue weighted by molar-refractivity contribution is 0.0449. The number of hydrogen-bond acceptors (Lipinski definition) is 4. The van der Waals surface area contributed by atoms with Gasteiger partial charge in [-0.15, -0.1) is 0 Å². The minimum atomic E-state index is -0.383. The summed E-state index contributed by atoms with van der Waals surface area (Å²) in [5.74, 6) is 0.543. The second-order valence-electron chi connectivity index (χ2n) is 4.79. The van der Waals surface area contributed by atoms with Crippen molar-refractivity contribution in [3.8, 4) is 5.75 Å². The molecule has 0 saturated heterocycles. The van der Waals surface area contributed by atoms with Crippen LogP contribution in [0.25, 0.3) is 0 Å². The molecule has 0 unspecified atom stereocenters. The van der Waals surface area contributed by atoms with E-state index in [-0.39, 0.29) is 18.5 Å². The number of carbonyl (C=O) groups is 1. The third-order valence-electron chi connectivity index (χ3n) is 2.86. The van der Waals surface area contributed by atoms with Gasteiger partial charge >= 0.3 is 5.97 Å². The van der Waals surface area contributed by atoms with E-state index in [4.69, 9.17) is 9.47 Å². The fraction of sp³-hybridized carbons (Fsp3) is 0.333. The molecule has 0 aliphatic heterocycles. The highest BCUT2D eigenvalue weighted by Crippen LogP contribution is 2.17. The Morgan fingerprint density at radius 2 is 2.00 bits per heavy atom. The second kappa shape index (κ2) is 7.26. The molecule has 1 N–H and O–H groups in total. The van der Waals surface area contributed by atoms with Gasteiger partial charge in [-0.25, -0.2) is 4.79 Å². The minimum Gasteiger partial charge on any atom is -0.490 e. The van der Waals surface area contributed by atoms with Gasteiger partial charge in [0.15, 0.2) is 0 Å². The maximum absolute atomic E-state index is 11.9. The number of rotatable bonds is 6. The maximum Gasteiger partial charge on any atom is 0.341 e. The Labute approximate surface area is 131 Å². The molecule has 1 aromatic heterocycles. The Bertz CT molecular complexity index is 593. The average molecular weight is 353 g/mol. The van der Waals surface area contributed by atoms with Crippen LogP contribution < -0.4 is 4.74 Å². The third-order valence-corrected chi connectivity index (χ3v) is 3.39. The van der Waals surface area contributed by atoms with Crippen molar-refractivity contribution in [1.29, 1.82) is 0 Å². The van der Waals surface area contributed by atoms with Crippen LogP contribution in [0.15, 0.2) is 34.9 Å². The first-order chi connectivity index (χ1) is 10.1.